The summed E-state index contributed by atoms with van der Waals surface area (Å²) in [6, 6.07) is 4.18. The van der Waals surface area contributed by atoms with E-state index in [-0.39, 0.29) is 5.92 Å². The number of aromatic nitrogens is 2. The Bertz CT molecular complexity index is 774. The van der Waals surface area contributed by atoms with Crippen molar-refractivity contribution in [1.29, 1.82) is 0 Å². The van der Waals surface area contributed by atoms with Gasteiger partial charge in [0.1, 0.15) is 5.76 Å². The molecule has 1 amide bonds. The van der Waals surface area contributed by atoms with Gasteiger partial charge in [0.05, 0.1) is 5.69 Å². The van der Waals surface area contributed by atoms with Crippen LogP contribution >= 0.6 is 0 Å². The molecule has 4 heterocycles. The van der Waals surface area contributed by atoms with Gasteiger partial charge in [0.2, 0.25) is 5.91 Å². The van der Waals surface area contributed by atoms with Crippen LogP contribution in [0.5, 0.6) is 0 Å². The van der Waals surface area contributed by atoms with Crippen molar-refractivity contribution in [3.63, 3.8) is 0 Å². The van der Waals surface area contributed by atoms with Gasteiger partial charge in [0, 0.05) is 61.2 Å². The lowest BCUT2D eigenvalue weighted by atomic mass is 9.91. The molecule has 6 heteroatoms. The van der Waals surface area contributed by atoms with Crippen molar-refractivity contribution in [2.75, 3.05) is 26.3 Å². The van der Waals surface area contributed by atoms with Gasteiger partial charge in [-0.05, 0) is 45.6 Å². The highest BCUT2D eigenvalue weighted by atomic mass is 16.5. The fourth-order valence-electron chi connectivity index (χ4n) is 4.31. The zero-order valence-corrected chi connectivity index (χ0v) is 16.1. The molecule has 0 radical (unpaired) electrons. The molecule has 2 aromatic rings. The molecule has 0 N–H and O–H groups in total. The van der Waals surface area contributed by atoms with Crippen molar-refractivity contribution in [3.05, 3.63) is 35.5 Å². The van der Waals surface area contributed by atoms with Crippen LogP contribution < -0.4 is 0 Å². The van der Waals surface area contributed by atoms with E-state index in [9.17, 15) is 4.79 Å². The summed E-state index contributed by atoms with van der Waals surface area (Å²) < 4.78 is 10.7. The van der Waals surface area contributed by atoms with E-state index in [1.165, 1.54) is 0 Å². The third-order valence-electron chi connectivity index (χ3n) is 5.83. The average Bonchev–Trinajstić information content (AvgIpc) is 3.06. The molecule has 2 aliphatic heterocycles. The van der Waals surface area contributed by atoms with Gasteiger partial charge >= 0.3 is 0 Å². The molecule has 0 bridgehead atoms. The predicted molar refractivity (Wildman–Crippen MR) is 101 cm³/mol. The van der Waals surface area contributed by atoms with Gasteiger partial charge in [0.15, 0.2) is 0 Å². The Morgan fingerprint density at radius 1 is 1.19 bits per heavy atom. The summed E-state index contributed by atoms with van der Waals surface area (Å²) in [6.07, 6.45) is 5.72. The predicted octanol–water partition coefficient (Wildman–Crippen LogP) is 3.49. The minimum absolute atomic E-state index is 0.132. The highest BCUT2D eigenvalue weighted by molar-refractivity contribution is 5.79. The summed E-state index contributed by atoms with van der Waals surface area (Å²) in [5, 5.41) is 4.02. The summed E-state index contributed by atoms with van der Waals surface area (Å²) in [5.41, 5.74) is 4.00. The maximum absolute atomic E-state index is 12.8. The molecule has 1 atom stereocenters. The zero-order valence-electron chi connectivity index (χ0n) is 16.1. The van der Waals surface area contributed by atoms with Crippen molar-refractivity contribution in [3.8, 4) is 11.1 Å². The molecule has 6 nitrogen and oxygen atoms in total. The number of hydrogen-bond donors (Lipinski definition) is 0. The van der Waals surface area contributed by atoms with E-state index in [0.717, 1.165) is 67.0 Å². The lowest BCUT2D eigenvalue weighted by molar-refractivity contribution is -0.139. The van der Waals surface area contributed by atoms with Crippen LogP contribution in [0.15, 0.2) is 22.9 Å². The fourth-order valence-corrected chi connectivity index (χ4v) is 4.31. The quantitative estimate of drug-likeness (QED) is 0.828. The largest absolute Gasteiger partial charge is 0.381 e. The van der Waals surface area contributed by atoms with Crippen LogP contribution in [0.2, 0.25) is 0 Å². The van der Waals surface area contributed by atoms with Crippen LogP contribution in [0.3, 0.4) is 0 Å². The number of ether oxygens (including phenoxy) is 1. The fraction of sp³-hybridized carbons (Fsp3) is 0.571. The van der Waals surface area contributed by atoms with Gasteiger partial charge < -0.3 is 14.2 Å². The van der Waals surface area contributed by atoms with Crippen molar-refractivity contribution in [1.82, 2.24) is 15.0 Å². The minimum Gasteiger partial charge on any atom is -0.381 e. The van der Waals surface area contributed by atoms with Gasteiger partial charge in [0.25, 0.3) is 0 Å². The third kappa shape index (κ3) is 3.76. The molecule has 2 saturated heterocycles. The van der Waals surface area contributed by atoms with Gasteiger partial charge in [-0.25, -0.2) is 0 Å². The number of nitrogens with zero attached hydrogens (tertiary/aromatic N) is 3. The molecule has 0 saturated carbocycles. The Morgan fingerprint density at radius 3 is 2.67 bits per heavy atom. The second-order valence-electron chi connectivity index (χ2n) is 7.68. The maximum atomic E-state index is 12.8. The first-order valence-corrected chi connectivity index (χ1v) is 9.89. The smallest absolute Gasteiger partial charge is 0.225 e. The van der Waals surface area contributed by atoms with E-state index in [0.29, 0.717) is 25.0 Å². The molecule has 0 aromatic carbocycles. The van der Waals surface area contributed by atoms with E-state index < -0.39 is 0 Å². The number of piperidine rings is 1. The van der Waals surface area contributed by atoms with Crippen LogP contribution in [0.25, 0.3) is 11.1 Å². The first-order valence-electron chi connectivity index (χ1n) is 9.89. The highest BCUT2D eigenvalue weighted by Gasteiger charge is 2.31. The van der Waals surface area contributed by atoms with Crippen LogP contribution in [0.1, 0.15) is 48.7 Å². The zero-order chi connectivity index (χ0) is 18.8. The topological polar surface area (TPSA) is 68.5 Å². The number of likely N-dealkylation sites (tertiary alicyclic amines) is 1. The number of rotatable bonds is 3. The SMILES string of the molecule is Cc1noc(C)c1-c1ccc(C2CCCN(C(=O)C3CCOCC3)C2)nc1. The first kappa shape index (κ1) is 18.2. The van der Waals surface area contributed by atoms with Crippen molar-refractivity contribution in [2.24, 2.45) is 5.92 Å². The van der Waals surface area contributed by atoms with E-state index in [2.05, 4.69) is 17.3 Å². The number of hydrogen-bond acceptors (Lipinski definition) is 5. The van der Waals surface area contributed by atoms with Gasteiger partial charge in [-0.2, -0.15) is 0 Å². The van der Waals surface area contributed by atoms with E-state index in [1.54, 1.807) is 0 Å². The summed E-state index contributed by atoms with van der Waals surface area (Å²) in [6.45, 7) is 6.92. The lowest BCUT2D eigenvalue weighted by Gasteiger charge is -2.35. The first-order chi connectivity index (χ1) is 13.1. The molecular formula is C21H27N3O3. The molecule has 0 aliphatic carbocycles. The van der Waals surface area contributed by atoms with Gasteiger partial charge in [-0.15, -0.1) is 0 Å². The van der Waals surface area contributed by atoms with Crippen LogP contribution in [0.4, 0.5) is 0 Å². The molecule has 144 valence electrons. The Kier molecular flexibility index (Phi) is 5.25. The van der Waals surface area contributed by atoms with Crippen LogP contribution in [-0.4, -0.2) is 47.3 Å². The second kappa shape index (κ2) is 7.80. The number of carbonyl (C=O) groups is 1. The molecular weight excluding hydrogens is 342 g/mol. The molecule has 1 unspecified atom stereocenters. The molecule has 2 fully saturated rings. The normalized spacial score (nSPS) is 21.4. The molecule has 4 rings (SSSR count). The second-order valence-corrected chi connectivity index (χ2v) is 7.68. The Labute approximate surface area is 159 Å². The highest BCUT2D eigenvalue weighted by Crippen LogP contribution is 2.31. The third-order valence-corrected chi connectivity index (χ3v) is 5.83. The van der Waals surface area contributed by atoms with E-state index in [4.69, 9.17) is 14.2 Å². The van der Waals surface area contributed by atoms with Crippen molar-refractivity contribution in [2.45, 2.75) is 45.4 Å². The monoisotopic (exact) mass is 369 g/mol. The Balaban J connectivity index is 1.46. The number of pyridine rings is 1. The van der Waals surface area contributed by atoms with Crippen molar-refractivity contribution >= 4 is 5.91 Å². The van der Waals surface area contributed by atoms with Crippen molar-refractivity contribution < 1.29 is 14.1 Å². The van der Waals surface area contributed by atoms with E-state index in [1.807, 2.05) is 24.9 Å². The van der Waals surface area contributed by atoms with Crippen LogP contribution in [0, 0.1) is 19.8 Å². The standard InChI is InChI=1S/C21H27N3O3/c1-14-20(15(2)27-23-14)17-5-6-19(22-12-17)18-4-3-9-24(13-18)21(25)16-7-10-26-11-8-16/h5-6,12,16,18H,3-4,7-11,13H2,1-2H3. The average molecular weight is 369 g/mol. The number of amides is 1. The summed E-state index contributed by atoms with van der Waals surface area (Å²) in [4.78, 5) is 19.6. The van der Waals surface area contributed by atoms with Crippen LogP contribution in [-0.2, 0) is 9.53 Å². The lowest BCUT2D eigenvalue weighted by Crippen LogP contribution is -2.43. The molecule has 2 aliphatic rings. The van der Waals surface area contributed by atoms with E-state index >= 15 is 0 Å². The summed E-state index contributed by atoms with van der Waals surface area (Å²) >= 11 is 0. The maximum Gasteiger partial charge on any atom is 0.225 e. The van der Waals surface area contributed by atoms with Gasteiger partial charge in [-0.1, -0.05) is 11.2 Å². The number of carbonyl (C=O) groups excluding carboxylic acids is 1. The number of aryl methyl sites for hydroxylation is 2. The molecule has 0 spiro atoms. The Hall–Kier alpha value is -2.21. The summed E-state index contributed by atoms with van der Waals surface area (Å²) in [7, 11) is 0. The molecule has 2 aromatic heterocycles. The van der Waals surface area contributed by atoms with Gasteiger partial charge in [-0.3, -0.25) is 9.78 Å². The Morgan fingerprint density at radius 2 is 2.00 bits per heavy atom. The molecule has 27 heavy (non-hydrogen) atoms. The minimum atomic E-state index is 0.132. The summed E-state index contributed by atoms with van der Waals surface area (Å²) in [5.74, 6) is 1.55.